The van der Waals surface area contributed by atoms with E-state index in [0.717, 1.165) is 15.6 Å². The Morgan fingerprint density at radius 2 is 1.84 bits per heavy atom. The van der Waals surface area contributed by atoms with Crippen LogP contribution in [0.3, 0.4) is 0 Å². The second kappa shape index (κ2) is 9.96. The van der Waals surface area contributed by atoms with Crippen molar-refractivity contribution in [2.24, 2.45) is 5.92 Å². The zero-order valence-corrected chi connectivity index (χ0v) is 19.1. The number of benzene rings is 2. The number of nitrogens with zero attached hydrogens (tertiary/aromatic N) is 1. The van der Waals surface area contributed by atoms with Crippen LogP contribution in [0.5, 0.6) is 0 Å². The molecule has 1 aliphatic heterocycles. The first kappa shape index (κ1) is 22.8. The lowest BCUT2D eigenvalue weighted by atomic mass is 9.90. The highest BCUT2D eigenvalue weighted by molar-refractivity contribution is 9.10. The van der Waals surface area contributed by atoms with E-state index in [1.165, 1.54) is 0 Å². The maximum Gasteiger partial charge on any atom is 0.319 e. The normalized spacial score (nSPS) is 16.4. The molecule has 2 aromatic carbocycles. The summed E-state index contributed by atoms with van der Waals surface area (Å²) in [5, 5.41) is 14.9. The third kappa shape index (κ3) is 5.85. The highest BCUT2D eigenvalue weighted by Crippen LogP contribution is 2.26. The number of rotatable bonds is 6. The second-order valence-electron chi connectivity index (χ2n) is 8.02. The van der Waals surface area contributed by atoms with Crippen LogP contribution in [-0.4, -0.2) is 40.0 Å². The Labute approximate surface area is 190 Å². The van der Waals surface area contributed by atoms with Crippen LogP contribution < -0.4 is 10.6 Å². The topological polar surface area (TPSA) is 98.7 Å². The summed E-state index contributed by atoms with van der Waals surface area (Å²) in [5.74, 6) is -1.41. The predicted molar refractivity (Wildman–Crippen MR) is 122 cm³/mol. The number of hydrogen-bond acceptors (Lipinski definition) is 3. The fraction of sp³-hybridized carbons (Fsp3) is 0.348. The number of halogens is 1. The van der Waals surface area contributed by atoms with Gasteiger partial charge in [-0.15, -0.1) is 0 Å². The summed E-state index contributed by atoms with van der Waals surface area (Å²) in [6.45, 7) is 4.03. The molecule has 0 aromatic heterocycles. The van der Waals surface area contributed by atoms with Gasteiger partial charge in [0.15, 0.2) is 0 Å². The van der Waals surface area contributed by atoms with Crippen molar-refractivity contribution in [3.05, 3.63) is 64.1 Å². The Morgan fingerprint density at radius 3 is 2.48 bits per heavy atom. The van der Waals surface area contributed by atoms with Crippen molar-refractivity contribution in [2.45, 2.75) is 45.3 Å². The van der Waals surface area contributed by atoms with Gasteiger partial charge >= 0.3 is 12.0 Å². The number of carboxylic acids is 1. The number of fused-ring (bicyclic) bond motifs is 1. The van der Waals surface area contributed by atoms with E-state index in [-0.39, 0.29) is 18.2 Å². The molecule has 2 aromatic rings. The van der Waals surface area contributed by atoms with Crippen LogP contribution in [0.4, 0.5) is 10.5 Å². The highest BCUT2D eigenvalue weighted by Gasteiger charge is 2.36. The minimum Gasteiger partial charge on any atom is -0.481 e. The van der Waals surface area contributed by atoms with E-state index in [1.807, 2.05) is 44.2 Å². The van der Waals surface area contributed by atoms with Crippen molar-refractivity contribution in [3.63, 3.8) is 0 Å². The molecule has 0 bridgehead atoms. The molecule has 31 heavy (non-hydrogen) atoms. The lowest BCUT2D eigenvalue weighted by Gasteiger charge is -2.39. The summed E-state index contributed by atoms with van der Waals surface area (Å²) < 4.78 is 0.824. The van der Waals surface area contributed by atoms with Gasteiger partial charge in [0.05, 0.1) is 6.42 Å². The Hall–Kier alpha value is -2.87. The Morgan fingerprint density at radius 1 is 1.13 bits per heavy atom. The average Bonchev–Trinajstić information content (AvgIpc) is 2.70. The highest BCUT2D eigenvalue weighted by atomic mass is 79.9. The molecular weight excluding hydrogens is 462 g/mol. The summed E-state index contributed by atoms with van der Waals surface area (Å²) in [7, 11) is 0. The maximum absolute atomic E-state index is 13.5. The molecule has 2 atom stereocenters. The van der Waals surface area contributed by atoms with Gasteiger partial charge in [0, 0.05) is 22.7 Å². The fourth-order valence-electron chi connectivity index (χ4n) is 3.80. The van der Waals surface area contributed by atoms with Crippen LogP contribution in [0.1, 0.15) is 31.4 Å². The molecular formula is C23H26BrN3O4. The first-order valence-corrected chi connectivity index (χ1v) is 11.0. The van der Waals surface area contributed by atoms with Crippen LogP contribution in [0.15, 0.2) is 53.0 Å². The van der Waals surface area contributed by atoms with Crippen molar-refractivity contribution in [1.29, 1.82) is 0 Å². The van der Waals surface area contributed by atoms with Gasteiger partial charge in [0.25, 0.3) is 0 Å². The van der Waals surface area contributed by atoms with Crippen LogP contribution >= 0.6 is 15.9 Å². The van der Waals surface area contributed by atoms with Crippen LogP contribution in [-0.2, 0) is 22.6 Å². The van der Waals surface area contributed by atoms with Gasteiger partial charge in [-0.1, -0.05) is 60.1 Å². The summed E-state index contributed by atoms with van der Waals surface area (Å²) >= 11 is 3.36. The summed E-state index contributed by atoms with van der Waals surface area (Å²) in [5.41, 5.74) is 2.65. The molecule has 164 valence electrons. The molecule has 0 fully saturated rings. The molecule has 1 heterocycles. The third-order valence-electron chi connectivity index (χ3n) is 5.35. The van der Waals surface area contributed by atoms with Gasteiger partial charge in [-0.05, 0) is 41.7 Å². The second-order valence-corrected chi connectivity index (χ2v) is 8.94. The van der Waals surface area contributed by atoms with Gasteiger partial charge in [-0.3, -0.25) is 9.59 Å². The minimum absolute atomic E-state index is 0.144. The number of amides is 3. The van der Waals surface area contributed by atoms with Crippen molar-refractivity contribution in [1.82, 2.24) is 10.2 Å². The number of nitrogens with one attached hydrogen (secondary N) is 2. The molecule has 8 heteroatoms. The molecule has 0 spiro atoms. The van der Waals surface area contributed by atoms with Crippen molar-refractivity contribution in [2.75, 3.05) is 5.32 Å². The number of anilines is 1. The van der Waals surface area contributed by atoms with Gasteiger partial charge in [0.1, 0.15) is 6.04 Å². The van der Waals surface area contributed by atoms with E-state index in [9.17, 15) is 19.5 Å². The van der Waals surface area contributed by atoms with Crippen molar-refractivity contribution in [3.8, 4) is 0 Å². The minimum atomic E-state index is -0.955. The molecule has 7 nitrogen and oxygen atoms in total. The lowest BCUT2D eigenvalue weighted by Crippen LogP contribution is -2.56. The van der Waals surface area contributed by atoms with E-state index in [1.54, 1.807) is 23.1 Å². The lowest BCUT2D eigenvalue weighted by molar-refractivity contribution is -0.143. The zero-order chi connectivity index (χ0) is 22.5. The monoisotopic (exact) mass is 487 g/mol. The molecule has 1 aliphatic rings. The molecule has 3 amide bonds. The maximum atomic E-state index is 13.5. The van der Waals surface area contributed by atoms with Gasteiger partial charge in [-0.25, -0.2) is 4.79 Å². The molecule has 3 N–H and O–H groups in total. The molecule has 0 radical (unpaired) electrons. The molecule has 0 unspecified atom stereocenters. The van der Waals surface area contributed by atoms with Gasteiger partial charge in [-0.2, -0.15) is 0 Å². The molecule has 3 rings (SSSR count). The van der Waals surface area contributed by atoms with Crippen molar-refractivity contribution >= 4 is 39.5 Å². The summed E-state index contributed by atoms with van der Waals surface area (Å²) in [6, 6.07) is 13.2. The third-order valence-corrected chi connectivity index (χ3v) is 5.84. The predicted octanol–water partition coefficient (Wildman–Crippen LogP) is 4.02. The SMILES string of the molecule is CC(C)[C@H](NC(=O)Nc1cccc(Br)c1)C(=O)N1Cc2ccccc2C[C@@H]1CC(=O)O. The Balaban J connectivity index is 1.78. The summed E-state index contributed by atoms with van der Waals surface area (Å²) in [6.07, 6.45) is 0.332. The van der Waals surface area contributed by atoms with E-state index < -0.39 is 24.1 Å². The van der Waals surface area contributed by atoms with Gasteiger partial charge < -0.3 is 20.6 Å². The number of hydrogen-bond donors (Lipinski definition) is 3. The van der Waals surface area contributed by atoms with Gasteiger partial charge in [0.2, 0.25) is 5.91 Å². The number of carbonyl (C=O) groups is 3. The molecule has 0 saturated carbocycles. The molecule has 0 aliphatic carbocycles. The number of urea groups is 1. The van der Waals surface area contributed by atoms with Crippen molar-refractivity contribution < 1.29 is 19.5 Å². The number of carboxylic acid groups (broad SMARTS) is 1. The van der Waals surface area contributed by atoms with E-state index in [0.29, 0.717) is 18.7 Å². The Bertz CT molecular complexity index is 979. The quantitative estimate of drug-likeness (QED) is 0.572. The number of carbonyl (C=O) groups excluding carboxylic acids is 2. The average molecular weight is 488 g/mol. The van der Waals surface area contributed by atoms with Crippen LogP contribution in [0.25, 0.3) is 0 Å². The summed E-state index contributed by atoms with van der Waals surface area (Å²) in [4.78, 5) is 39.1. The molecule has 0 saturated heterocycles. The van der Waals surface area contributed by atoms with E-state index >= 15 is 0 Å². The first-order chi connectivity index (χ1) is 14.7. The largest absolute Gasteiger partial charge is 0.481 e. The first-order valence-electron chi connectivity index (χ1n) is 10.2. The Kier molecular flexibility index (Phi) is 7.33. The standard InChI is InChI=1S/C23H26BrN3O4/c1-14(2)21(26-23(31)25-18-9-5-8-17(24)11-18)22(30)27-13-16-7-4-3-6-15(16)10-19(27)12-20(28)29/h3-9,11,14,19,21H,10,12-13H2,1-2H3,(H,28,29)(H2,25,26,31)/t19-,21+/m1/s1. The smallest absolute Gasteiger partial charge is 0.319 e. The number of aliphatic carboxylic acids is 1. The zero-order valence-electron chi connectivity index (χ0n) is 17.5. The van der Waals surface area contributed by atoms with Crippen LogP contribution in [0.2, 0.25) is 0 Å². The fourth-order valence-corrected chi connectivity index (χ4v) is 4.20. The van der Waals surface area contributed by atoms with E-state index in [2.05, 4.69) is 26.6 Å². The van der Waals surface area contributed by atoms with E-state index in [4.69, 9.17) is 0 Å². The van der Waals surface area contributed by atoms with Crippen LogP contribution in [0, 0.1) is 5.92 Å².